The molecule has 2 aliphatic rings. The molecule has 1 N–H and O–H groups in total. The molecule has 2 aliphatic heterocycles. The van der Waals surface area contributed by atoms with Crippen LogP contribution >= 0.6 is 23.1 Å². The summed E-state index contributed by atoms with van der Waals surface area (Å²) in [6, 6.07) is 10.2. The maximum atomic E-state index is 13.2. The van der Waals surface area contributed by atoms with Crippen LogP contribution in [-0.2, 0) is 21.4 Å². The van der Waals surface area contributed by atoms with Gasteiger partial charge in [-0.15, -0.1) is 23.1 Å². The molecule has 2 saturated heterocycles. The summed E-state index contributed by atoms with van der Waals surface area (Å²) in [4.78, 5) is 19.7. The third-order valence-electron chi connectivity index (χ3n) is 5.67. The number of hydrogen-bond acceptors (Lipinski definition) is 7. The molecule has 0 aliphatic carbocycles. The van der Waals surface area contributed by atoms with Crippen LogP contribution in [0.4, 0.5) is 5.13 Å². The smallest absolute Gasteiger partial charge is 0.231 e. The number of amides is 1. The Hall–Kier alpha value is -1.88. The fraction of sp³-hybridized carbons (Fsp3) is 0.455. The molecule has 2 fully saturated rings. The van der Waals surface area contributed by atoms with Gasteiger partial charge in [0.05, 0.1) is 22.4 Å². The average molecular weight is 493 g/mol. The van der Waals surface area contributed by atoms with E-state index in [4.69, 9.17) is 0 Å². The molecule has 1 aromatic carbocycles. The van der Waals surface area contributed by atoms with Crippen molar-refractivity contribution in [2.75, 3.05) is 36.5 Å². The number of benzene rings is 1. The Morgan fingerprint density at radius 1 is 1.28 bits per heavy atom. The van der Waals surface area contributed by atoms with E-state index in [1.807, 2.05) is 34.6 Å². The number of aromatic nitrogens is 1. The van der Waals surface area contributed by atoms with Crippen molar-refractivity contribution in [2.45, 2.75) is 26.3 Å². The molecule has 2 aromatic rings. The highest BCUT2D eigenvalue weighted by atomic mass is 32.2. The van der Waals surface area contributed by atoms with Crippen molar-refractivity contribution in [3.8, 4) is 0 Å². The molecule has 0 unspecified atom stereocenters. The van der Waals surface area contributed by atoms with E-state index in [0.717, 1.165) is 34.4 Å². The Morgan fingerprint density at radius 3 is 2.88 bits per heavy atom. The van der Waals surface area contributed by atoms with E-state index in [9.17, 15) is 13.2 Å². The van der Waals surface area contributed by atoms with Crippen LogP contribution < -0.4 is 5.32 Å². The monoisotopic (exact) mass is 492 g/mol. The number of nitrogens with one attached hydrogen (secondary N) is 1. The number of thiazole rings is 1. The van der Waals surface area contributed by atoms with Crippen LogP contribution in [-0.4, -0.2) is 59.7 Å². The number of carbonyl (C=O) groups is 1. The minimum atomic E-state index is -3.27. The summed E-state index contributed by atoms with van der Waals surface area (Å²) in [6.45, 7) is 3.80. The van der Waals surface area contributed by atoms with Crippen LogP contribution in [0.2, 0.25) is 0 Å². The number of hydrogen-bond donors (Lipinski definition) is 1. The molecule has 0 bridgehead atoms. The lowest BCUT2D eigenvalue weighted by Crippen LogP contribution is -2.46. The number of nitrogens with zero attached hydrogens (tertiary/aromatic N) is 3. The van der Waals surface area contributed by atoms with Gasteiger partial charge in [0.25, 0.3) is 0 Å². The van der Waals surface area contributed by atoms with Crippen molar-refractivity contribution in [3.63, 3.8) is 0 Å². The largest absolute Gasteiger partial charge is 0.357 e. The molecular formula is C22H28N4O3S3. The highest BCUT2D eigenvalue weighted by molar-refractivity contribution is 8.03. The molecule has 10 heteroatoms. The molecule has 1 aromatic heterocycles. The van der Waals surface area contributed by atoms with E-state index in [0.29, 0.717) is 19.6 Å². The fourth-order valence-electron chi connectivity index (χ4n) is 3.90. The first kappa shape index (κ1) is 23.3. The quantitative estimate of drug-likeness (QED) is 0.635. The van der Waals surface area contributed by atoms with Gasteiger partial charge in [-0.2, -0.15) is 0 Å². The Kier molecular flexibility index (Phi) is 7.55. The fourth-order valence-corrected chi connectivity index (χ4v) is 6.77. The SMILES string of the molecule is CCS(=O)(=O)N1CCC[C@@H](C(=O)N2CCS/C2=C/c2csc(NCc3ccccc3)n2)C1. The molecule has 172 valence electrons. The van der Waals surface area contributed by atoms with E-state index >= 15 is 0 Å². The van der Waals surface area contributed by atoms with Crippen LogP contribution in [0.15, 0.2) is 40.7 Å². The van der Waals surface area contributed by atoms with E-state index < -0.39 is 10.0 Å². The second-order valence-electron chi connectivity index (χ2n) is 7.84. The summed E-state index contributed by atoms with van der Waals surface area (Å²) in [5.41, 5.74) is 2.02. The van der Waals surface area contributed by atoms with E-state index in [-0.39, 0.29) is 24.1 Å². The number of sulfonamides is 1. The molecule has 32 heavy (non-hydrogen) atoms. The normalized spacial score (nSPS) is 21.2. The third kappa shape index (κ3) is 5.54. The maximum Gasteiger partial charge on any atom is 0.231 e. The summed E-state index contributed by atoms with van der Waals surface area (Å²) in [7, 11) is -3.27. The Balaban J connectivity index is 1.41. The third-order valence-corrected chi connectivity index (χ3v) is 9.36. The summed E-state index contributed by atoms with van der Waals surface area (Å²) < 4.78 is 26.0. The van der Waals surface area contributed by atoms with Crippen LogP contribution in [0.25, 0.3) is 6.08 Å². The van der Waals surface area contributed by atoms with Crippen molar-refractivity contribution >= 4 is 50.2 Å². The minimum Gasteiger partial charge on any atom is -0.357 e. The molecule has 1 atom stereocenters. The predicted octanol–water partition coefficient (Wildman–Crippen LogP) is 3.69. The maximum absolute atomic E-state index is 13.2. The topological polar surface area (TPSA) is 82.6 Å². The summed E-state index contributed by atoms with van der Waals surface area (Å²) >= 11 is 3.19. The molecule has 0 spiro atoms. The summed E-state index contributed by atoms with van der Waals surface area (Å²) in [5.74, 6) is 0.647. The molecule has 0 saturated carbocycles. The number of thioether (sulfide) groups is 1. The van der Waals surface area contributed by atoms with Crippen molar-refractivity contribution in [2.24, 2.45) is 5.92 Å². The van der Waals surface area contributed by atoms with Gasteiger partial charge in [-0.1, -0.05) is 30.3 Å². The summed E-state index contributed by atoms with van der Waals surface area (Å²) in [6.07, 6.45) is 3.41. The van der Waals surface area contributed by atoms with Crippen LogP contribution in [0, 0.1) is 5.92 Å². The predicted molar refractivity (Wildman–Crippen MR) is 132 cm³/mol. The Bertz CT molecular complexity index is 1070. The summed E-state index contributed by atoms with van der Waals surface area (Å²) in [5, 5.41) is 7.06. The van der Waals surface area contributed by atoms with Crippen LogP contribution in [0.1, 0.15) is 31.0 Å². The first-order valence-electron chi connectivity index (χ1n) is 10.8. The molecule has 7 nitrogen and oxygen atoms in total. The lowest BCUT2D eigenvalue weighted by Gasteiger charge is -2.33. The number of piperidine rings is 1. The number of carbonyl (C=O) groups excluding carboxylic acids is 1. The van der Waals surface area contributed by atoms with Gasteiger partial charge in [-0.25, -0.2) is 17.7 Å². The molecule has 4 rings (SSSR count). The second-order valence-corrected chi connectivity index (χ2v) is 12.1. The van der Waals surface area contributed by atoms with Gasteiger partial charge in [0.1, 0.15) is 0 Å². The number of anilines is 1. The zero-order valence-corrected chi connectivity index (χ0v) is 20.5. The lowest BCUT2D eigenvalue weighted by molar-refractivity contribution is -0.133. The van der Waals surface area contributed by atoms with Gasteiger partial charge in [0.15, 0.2) is 5.13 Å². The van der Waals surface area contributed by atoms with Gasteiger partial charge in [0, 0.05) is 37.3 Å². The van der Waals surface area contributed by atoms with Crippen molar-refractivity contribution < 1.29 is 13.2 Å². The van der Waals surface area contributed by atoms with Crippen molar-refractivity contribution in [1.82, 2.24) is 14.2 Å². The zero-order chi connectivity index (χ0) is 22.6. The molecular weight excluding hydrogens is 464 g/mol. The highest BCUT2D eigenvalue weighted by Gasteiger charge is 2.36. The van der Waals surface area contributed by atoms with Gasteiger partial charge in [-0.3, -0.25) is 4.79 Å². The van der Waals surface area contributed by atoms with Crippen molar-refractivity contribution in [1.29, 1.82) is 0 Å². The van der Waals surface area contributed by atoms with E-state index in [1.165, 1.54) is 9.87 Å². The molecule has 3 heterocycles. The van der Waals surface area contributed by atoms with E-state index in [2.05, 4.69) is 22.4 Å². The molecule has 0 radical (unpaired) electrons. The van der Waals surface area contributed by atoms with Crippen molar-refractivity contribution in [3.05, 3.63) is 52.0 Å². The Labute approximate surface area is 198 Å². The first-order chi connectivity index (χ1) is 15.5. The van der Waals surface area contributed by atoms with E-state index in [1.54, 1.807) is 30.0 Å². The van der Waals surface area contributed by atoms with Crippen LogP contribution in [0.3, 0.4) is 0 Å². The average Bonchev–Trinajstić information content (AvgIpc) is 3.48. The zero-order valence-electron chi connectivity index (χ0n) is 18.1. The van der Waals surface area contributed by atoms with Gasteiger partial charge >= 0.3 is 0 Å². The minimum absolute atomic E-state index is 0.0231. The Morgan fingerprint density at radius 2 is 2.09 bits per heavy atom. The number of rotatable bonds is 7. The molecule has 1 amide bonds. The van der Waals surface area contributed by atoms with Gasteiger partial charge in [0.2, 0.25) is 15.9 Å². The van der Waals surface area contributed by atoms with Crippen LogP contribution in [0.5, 0.6) is 0 Å². The highest BCUT2D eigenvalue weighted by Crippen LogP contribution is 2.33. The van der Waals surface area contributed by atoms with Gasteiger partial charge in [-0.05, 0) is 31.4 Å². The standard InChI is InChI=1S/C22H28N4O3S3/c1-2-32(28,29)25-10-6-9-18(15-25)21(27)26-11-12-30-20(26)13-19-16-31-22(24-19)23-14-17-7-4-3-5-8-17/h3-5,7-8,13,16,18H,2,6,9-12,14-15H2,1H3,(H,23,24)/b20-13+/t18-/m1/s1. The second kappa shape index (κ2) is 10.4. The lowest BCUT2D eigenvalue weighted by atomic mass is 9.98. The first-order valence-corrected chi connectivity index (χ1v) is 14.3. The van der Waals surface area contributed by atoms with Gasteiger partial charge < -0.3 is 10.2 Å².